The van der Waals surface area contributed by atoms with Crippen LogP contribution in [-0.4, -0.2) is 132 Å². The lowest BCUT2D eigenvalue weighted by Gasteiger charge is -2.40. The van der Waals surface area contributed by atoms with E-state index in [4.69, 9.17) is 14.2 Å². The lowest BCUT2D eigenvalue weighted by atomic mass is 9.78. The van der Waals surface area contributed by atoms with Crippen LogP contribution in [0.25, 0.3) is 0 Å². The Balaban J connectivity index is 1.52. The number of carbonyl (C=O) groups is 4. The van der Waals surface area contributed by atoms with Crippen LogP contribution < -0.4 is 5.32 Å². The Morgan fingerprint density at radius 2 is 1.86 bits per heavy atom. The van der Waals surface area contributed by atoms with Gasteiger partial charge >= 0.3 is 5.97 Å². The van der Waals surface area contributed by atoms with E-state index in [1.165, 1.54) is 4.90 Å². The molecule has 0 saturated carbocycles. The van der Waals surface area contributed by atoms with Crippen molar-refractivity contribution in [3.63, 3.8) is 0 Å². The second-order valence-corrected chi connectivity index (χ2v) is 12.2. The average molecular weight is 589 g/mol. The molecule has 3 saturated heterocycles. The molecule has 5 rings (SSSR count). The van der Waals surface area contributed by atoms with Crippen LogP contribution in [0.3, 0.4) is 0 Å². The van der Waals surface area contributed by atoms with E-state index in [0.717, 1.165) is 13.1 Å². The van der Waals surface area contributed by atoms with Crippen molar-refractivity contribution in [1.29, 1.82) is 0 Å². The Morgan fingerprint density at radius 3 is 2.57 bits per heavy atom. The SMILES string of the molecule is CC(C)[C@H](CO)N1C(=O)[C@H]2[C@@H]3C(=O)O[C@@H](C)CNC(=O)CC/C=C\[C@@H]3O[C@]23C=CCN(CCN2CCOCC2)C(=O)[C@H]13. The van der Waals surface area contributed by atoms with Crippen molar-refractivity contribution in [3.05, 3.63) is 24.3 Å². The summed E-state index contributed by atoms with van der Waals surface area (Å²) in [7, 11) is 0. The van der Waals surface area contributed by atoms with Crippen LogP contribution in [-0.2, 0) is 33.4 Å². The van der Waals surface area contributed by atoms with Gasteiger partial charge in [-0.1, -0.05) is 38.2 Å². The molecule has 5 heterocycles. The molecule has 5 aliphatic rings. The first-order valence-electron chi connectivity index (χ1n) is 15.2. The molecule has 0 bridgehead atoms. The number of morpholine rings is 1. The summed E-state index contributed by atoms with van der Waals surface area (Å²) >= 11 is 0. The number of hydrogen-bond acceptors (Lipinski definition) is 9. The van der Waals surface area contributed by atoms with E-state index >= 15 is 0 Å². The monoisotopic (exact) mass is 588 g/mol. The van der Waals surface area contributed by atoms with Crippen LogP contribution in [0.15, 0.2) is 24.3 Å². The van der Waals surface area contributed by atoms with Crippen molar-refractivity contribution in [2.75, 3.05) is 59.1 Å². The highest BCUT2D eigenvalue weighted by Crippen LogP contribution is 2.54. The first-order chi connectivity index (χ1) is 20.2. The van der Waals surface area contributed by atoms with Crippen molar-refractivity contribution in [3.8, 4) is 0 Å². The molecule has 7 atom stereocenters. The van der Waals surface area contributed by atoms with E-state index in [2.05, 4.69) is 10.2 Å². The molecule has 0 aromatic carbocycles. The van der Waals surface area contributed by atoms with Gasteiger partial charge in [0.1, 0.15) is 23.7 Å². The van der Waals surface area contributed by atoms with E-state index in [9.17, 15) is 24.3 Å². The van der Waals surface area contributed by atoms with Gasteiger partial charge in [-0.05, 0) is 19.3 Å². The predicted molar refractivity (Wildman–Crippen MR) is 151 cm³/mol. The van der Waals surface area contributed by atoms with Gasteiger partial charge in [-0.25, -0.2) is 0 Å². The van der Waals surface area contributed by atoms with Crippen molar-refractivity contribution in [1.82, 2.24) is 20.0 Å². The maximum absolute atomic E-state index is 14.5. The molecule has 5 aliphatic heterocycles. The molecule has 0 aromatic rings. The number of hydrogen-bond donors (Lipinski definition) is 2. The number of nitrogens with one attached hydrogen (secondary N) is 1. The van der Waals surface area contributed by atoms with E-state index in [-0.39, 0.29) is 37.3 Å². The third-order valence-corrected chi connectivity index (χ3v) is 9.16. The maximum Gasteiger partial charge on any atom is 0.313 e. The second-order valence-electron chi connectivity index (χ2n) is 12.2. The number of likely N-dealkylation sites (tertiary alicyclic amines) is 1. The summed E-state index contributed by atoms with van der Waals surface area (Å²) in [5, 5.41) is 13.2. The van der Waals surface area contributed by atoms with Crippen LogP contribution in [0.4, 0.5) is 0 Å². The number of allylic oxidation sites excluding steroid dienone is 1. The summed E-state index contributed by atoms with van der Waals surface area (Å²) in [6.45, 7) is 9.66. The summed E-state index contributed by atoms with van der Waals surface area (Å²) in [4.78, 5) is 60.3. The zero-order valence-corrected chi connectivity index (χ0v) is 24.8. The molecule has 12 heteroatoms. The first kappa shape index (κ1) is 30.7. The minimum atomic E-state index is -1.42. The summed E-state index contributed by atoms with van der Waals surface area (Å²) in [6, 6.07) is -1.70. The normalized spacial score (nSPS) is 35.9. The Bertz CT molecular complexity index is 1100. The maximum atomic E-state index is 14.5. The highest BCUT2D eigenvalue weighted by atomic mass is 16.6. The van der Waals surface area contributed by atoms with E-state index in [1.54, 1.807) is 30.1 Å². The van der Waals surface area contributed by atoms with Crippen molar-refractivity contribution in [2.24, 2.45) is 17.8 Å². The summed E-state index contributed by atoms with van der Waals surface area (Å²) in [5.74, 6) is -3.58. The molecule has 42 heavy (non-hydrogen) atoms. The van der Waals surface area contributed by atoms with Crippen molar-refractivity contribution >= 4 is 23.7 Å². The topological polar surface area (TPSA) is 138 Å². The van der Waals surface area contributed by atoms with Gasteiger partial charge in [0.15, 0.2) is 0 Å². The molecule has 0 unspecified atom stereocenters. The zero-order chi connectivity index (χ0) is 30.0. The number of esters is 1. The number of fused-ring (bicyclic) bond motifs is 2. The minimum Gasteiger partial charge on any atom is -0.460 e. The Morgan fingerprint density at radius 1 is 1.10 bits per heavy atom. The summed E-state index contributed by atoms with van der Waals surface area (Å²) in [5.41, 5.74) is -1.42. The van der Waals surface area contributed by atoms with E-state index in [0.29, 0.717) is 39.3 Å². The van der Waals surface area contributed by atoms with Crippen LogP contribution in [0, 0.1) is 17.8 Å². The fourth-order valence-corrected chi connectivity index (χ4v) is 6.91. The molecular weight excluding hydrogens is 544 g/mol. The Hall–Kier alpha value is -2.80. The fraction of sp³-hybridized carbons (Fsp3) is 0.733. The number of nitrogens with zero attached hydrogens (tertiary/aromatic N) is 3. The number of aliphatic hydroxyl groups excluding tert-OH is 1. The van der Waals surface area contributed by atoms with Crippen LogP contribution in [0.1, 0.15) is 33.6 Å². The third-order valence-electron chi connectivity index (χ3n) is 9.16. The highest BCUT2D eigenvalue weighted by molar-refractivity contribution is 5.99. The smallest absolute Gasteiger partial charge is 0.313 e. The molecule has 1 spiro atoms. The molecule has 12 nitrogen and oxygen atoms in total. The van der Waals surface area contributed by atoms with Gasteiger partial charge in [0.05, 0.1) is 44.4 Å². The molecule has 0 aliphatic carbocycles. The fourth-order valence-electron chi connectivity index (χ4n) is 6.91. The Labute approximate surface area is 247 Å². The standard InChI is InChI=1S/C30H44N4O8/c1-19(2)21(18-35)34-26-28(38)33(12-11-32-13-15-40-16-14-32)10-6-9-30(26)25(27(34)37)24-22(42-30)7-4-5-8-23(36)31-17-20(3)41-29(24)39/h4,6-7,9,19-22,24-26,35H,5,8,10-18H2,1-3H3,(H,31,36)/b7-4-/t20-,21-,22-,24+,25+,26-,30+/m0/s1. The molecule has 3 fully saturated rings. The van der Waals surface area contributed by atoms with Crippen LogP contribution >= 0.6 is 0 Å². The number of ether oxygens (including phenoxy) is 3. The van der Waals surface area contributed by atoms with Crippen molar-refractivity contribution in [2.45, 2.75) is 63.5 Å². The molecule has 0 radical (unpaired) electrons. The third kappa shape index (κ3) is 5.73. The lowest BCUT2D eigenvalue weighted by molar-refractivity contribution is -0.160. The minimum absolute atomic E-state index is 0.147. The van der Waals surface area contributed by atoms with Gasteiger partial charge in [-0.2, -0.15) is 0 Å². The van der Waals surface area contributed by atoms with Gasteiger partial charge in [0, 0.05) is 39.1 Å². The molecule has 2 N–H and O–H groups in total. The molecule has 0 aromatic heterocycles. The number of cyclic esters (lactones) is 1. The number of rotatable bonds is 6. The predicted octanol–water partition coefficient (Wildman–Crippen LogP) is -0.287. The van der Waals surface area contributed by atoms with E-state index in [1.807, 2.05) is 19.9 Å². The number of aliphatic hydroxyl groups is 1. The number of amides is 3. The molecule has 232 valence electrons. The second kappa shape index (κ2) is 12.8. The van der Waals surface area contributed by atoms with Crippen LogP contribution in [0.2, 0.25) is 0 Å². The summed E-state index contributed by atoms with van der Waals surface area (Å²) in [6.07, 6.45) is 6.42. The van der Waals surface area contributed by atoms with Crippen molar-refractivity contribution < 1.29 is 38.5 Å². The first-order valence-corrected chi connectivity index (χ1v) is 15.2. The van der Waals surface area contributed by atoms with Gasteiger partial charge in [-0.3, -0.25) is 24.1 Å². The van der Waals surface area contributed by atoms with Gasteiger partial charge in [0.25, 0.3) is 0 Å². The molecular formula is C30H44N4O8. The average Bonchev–Trinajstić information content (AvgIpc) is 3.35. The lowest BCUT2D eigenvalue weighted by Crippen LogP contribution is -2.59. The van der Waals surface area contributed by atoms with E-state index < -0.39 is 53.6 Å². The van der Waals surface area contributed by atoms with Gasteiger partial charge in [-0.15, -0.1) is 0 Å². The molecule has 3 amide bonds. The quantitative estimate of drug-likeness (QED) is 0.317. The zero-order valence-electron chi connectivity index (χ0n) is 24.8. The highest BCUT2D eigenvalue weighted by Gasteiger charge is 2.72. The van der Waals surface area contributed by atoms with Crippen LogP contribution in [0.5, 0.6) is 0 Å². The Kier molecular flexibility index (Phi) is 9.36. The van der Waals surface area contributed by atoms with Gasteiger partial charge < -0.3 is 34.4 Å². The largest absolute Gasteiger partial charge is 0.460 e. The number of carbonyl (C=O) groups excluding carboxylic acids is 4. The summed E-state index contributed by atoms with van der Waals surface area (Å²) < 4.78 is 17.9. The van der Waals surface area contributed by atoms with Gasteiger partial charge in [0.2, 0.25) is 17.7 Å².